The molecule has 0 radical (unpaired) electrons. The Balaban J connectivity index is 1.28. The van der Waals surface area contributed by atoms with Crippen LogP contribution < -0.4 is 14.8 Å². The number of benzene rings is 2. The number of nitrogens with zero attached hydrogens (tertiary/aromatic N) is 1. The maximum Gasteiger partial charge on any atom is 0.338 e. The van der Waals surface area contributed by atoms with Gasteiger partial charge >= 0.3 is 5.97 Å². The summed E-state index contributed by atoms with van der Waals surface area (Å²) < 4.78 is 20.7. The second kappa shape index (κ2) is 6.75. The Kier molecular flexibility index (Phi) is 4.14. The molecule has 26 heavy (non-hydrogen) atoms. The van der Waals surface area contributed by atoms with Crippen LogP contribution in [0.4, 0.5) is 0 Å². The highest BCUT2D eigenvalue weighted by molar-refractivity contribution is 5.94. The van der Waals surface area contributed by atoms with Crippen LogP contribution >= 0.6 is 0 Å². The molecule has 0 spiro atoms. The second-order valence-electron chi connectivity index (χ2n) is 5.58. The third kappa shape index (κ3) is 3.30. The predicted octanol–water partition coefficient (Wildman–Crippen LogP) is 2.03. The van der Waals surface area contributed by atoms with Gasteiger partial charge in [-0.3, -0.25) is 4.79 Å². The molecular weight excluding hydrogens is 340 g/mol. The largest absolute Gasteiger partial charge is 0.454 e. The minimum Gasteiger partial charge on any atom is -0.454 e. The minimum atomic E-state index is -0.610. The highest BCUT2D eigenvalue weighted by Crippen LogP contribution is 2.32. The molecular formula is C18H14N2O6. The summed E-state index contributed by atoms with van der Waals surface area (Å²) in [6, 6.07) is 10.1. The molecule has 8 heteroatoms. The van der Waals surface area contributed by atoms with Crippen molar-refractivity contribution in [1.29, 1.82) is 0 Å². The molecule has 0 saturated heterocycles. The number of amides is 1. The molecule has 1 amide bonds. The standard InChI is InChI=1S/C18H14N2O6/c21-17(19-7-11-1-4-14-16(5-11)26-10-25-14)8-23-18(22)12-2-3-13-15(6-12)24-9-20-13/h1-6,9H,7-8,10H2,(H,19,21). The zero-order chi connectivity index (χ0) is 17.9. The average Bonchev–Trinajstić information content (AvgIpc) is 3.32. The third-order valence-electron chi connectivity index (χ3n) is 3.83. The van der Waals surface area contributed by atoms with Crippen molar-refractivity contribution in [2.24, 2.45) is 0 Å². The number of fused-ring (bicyclic) bond motifs is 2. The lowest BCUT2D eigenvalue weighted by Crippen LogP contribution is -2.28. The van der Waals surface area contributed by atoms with Gasteiger partial charge in [-0.2, -0.15) is 0 Å². The van der Waals surface area contributed by atoms with Gasteiger partial charge < -0.3 is 23.9 Å². The van der Waals surface area contributed by atoms with Gasteiger partial charge in [0.15, 0.2) is 30.1 Å². The van der Waals surface area contributed by atoms with E-state index in [0.29, 0.717) is 22.6 Å². The Morgan fingerprint density at radius 1 is 1.12 bits per heavy atom. The zero-order valence-electron chi connectivity index (χ0n) is 13.6. The number of hydrogen-bond donors (Lipinski definition) is 1. The number of rotatable bonds is 5. The summed E-state index contributed by atoms with van der Waals surface area (Å²) >= 11 is 0. The van der Waals surface area contributed by atoms with Gasteiger partial charge in [-0.25, -0.2) is 9.78 Å². The van der Waals surface area contributed by atoms with E-state index in [2.05, 4.69) is 10.3 Å². The van der Waals surface area contributed by atoms with Gasteiger partial charge in [0.05, 0.1) is 5.56 Å². The van der Waals surface area contributed by atoms with E-state index in [9.17, 15) is 9.59 Å². The molecule has 0 aliphatic carbocycles. The van der Waals surface area contributed by atoms with Gasteiger partial charge in [0.25, 0.3) is 5.91 Å². The van der Waals surface area contributed by atoms with E-state index in [1.807, 2.05) is 6.07 Å². The molecule has 0 bridgehead atoms. The molecule has 4 rings (SSSR count). The fourth-order valence-electron chi connectivity index (χ4n) is 2.50. The van der Waals surface area contributed by atoms with E-state index < -0.39 is 11.9 Å². The molecule has 0 atom stereocenters. The highest BCUT2D eigenvalue weighted by Gasteiger charge is 2.14. The summed E-state index contributed by atoms with van der Waals surface area (Å²) in [6.45, 7) is 0.107. The normalized spacial score (nSPS) is 12.2. The molecule has 2 heterocycles. The van der Waals surface area contributed by atoms with Crippen LogP contribution in [0, 0.1) is 0 Å². The summed E-state index contributed by atoms with van der Waals surface area (Å²) in [5.74, 6) is 0.307. The quantitative estimate of drug-likeness (QED) is 0.700. The van der Waals surface area contributed by atoms with Crippen molar-refractivity contribution < 1.29 is 28.2 Å². The molecule has 1 N–H and O–H groups in total. The molecule has 8 nitrogen and oxygen atoms in total. The van der Waals surface area contributed by atoms with Crippen LogP contribution in [0.3, 0.4) is 0 Å². The van der Waals surface area contributed by atoms with Crippen molar-refractivity contribution in [3.8, 4) is 11.5 Å². The number of ether oxygens (including phenoxy) is 3. The summed E-state index contributed by atoms with van der Waals surface area (Å²) in [6.07, 6.45) is 1.29. The van der Waals surface area contributed by atoms with Gasteiger partial charge in [0.1, 0.15) is 5.52 Å². The molecule has 0 saturated carbocycles. The summed E-state index contributed by atoms with van der Waals surface area (Å²) in [4.78, 5) is 27.9. The molecule has 3 aromatic rings. The van der Waals surface area contributed by atoms with Crippen LogP contribution in [0.1, 0.15) is 15.9 Å². The van der Waals surface area contributed by atoms with Crippen LogP contribution in [0.25, 0.3) is 11.1 Å². The van der Waals surface area contributed by atoms with Crippen LogP contribution in [-0.4, -0.2) is 30.3 Å². The summed E-state index contributed by atoms with van der Waals surface area (Å²) in [5.41, 5.74) is 2.26. The predicted molar refractivity (Wildman–Crippen MR) is 88.7 cm³/mol. The van der Waals surface area contributed by atoms with Gasteiger partial charge in [-0.05, 0) is 35.9 Å². The van der Waals surface area contributed by atoms with E-state index in [1.54, 1.807) is 24.3 Å². The Hall–Kier alpha value is -3.55. The average molecular weight is 354 g/mol. The van der Waals surface area contributed by atoms with Crippen molar-refractivity contribution in [3.05, 3.63) is 53.9 Å². The fraction of sp³-hybridized carbons (Fsp3) is 0.167. The maximum absolute atomic E-state index is 12.0. The topological polar surface area (TPSA) is 99.9 Å². The second-order valence-corrected chi connectivity index (χ2v) is 5.58. The lowest BCUT2D eigenvalue weighted by molar-refractivity contribution is -0.124. The molecule has 0 unspecified atom stereocenters. The van der Waals surface area contributed by atoms with Gasteiger partial charge in [-0.1, -0.05) is 6.07 Å². The number of nitrogens with one attached hydrogen (secondary N) is 1. The Morgan fingerprint density at radius 3 is 2.92 bits per heavy atom. The van der Waals surface area contributed by atoms with Crippen molar-refractivity contribution in [2.45, 2.75) is 6.54 Å². The summed E-state index contributed by atoms with van der Waals surface area (Å²) in [7, 11) is 0. The number of carbonyl (C=O) groups excluding carboxylic acids is 2. The number of esters is 1. The Labute approximate surface area is 147 Å². The highest BCUT2D eigenvalue weighted by atomic mass is 16.7. The lowest BCUT2D eigenvalue weighted by atomic mass is 10.2. The number of hydrogen-bond acceptors (Lipinski definition) is 7. The molecule has 1 aliphatic rings. The van der Waals surface area contributed by atoms with E-state index in [1.165, 1.54) is 12.5 Å². The van der Waals surface area contributed by atoms with Crippen LogP contribution in [-0.2, 0) is 16.1 Å². The molecule has 0 fully saturated rings. The maximum atomic E-state index is 12.0. The first-order valence-electron chi connectivity index (χ1n) is 7.85. The number of carbonyl (C=O) groups is 2. The lowest BCUT2D eigenvalue weighted by Gasteiger charge is -2.07. The number of aromatic nitrogens is 1. The van der Waals surface area contributed by atoms with Crippen LogP contribution in [0.5, 0.6) is 11.5 Å². The summed E-state index contributed by atoms with van der Waals surface area (Å²) in [5, 5.41) is 2.68. The zero-order valence-corrected chi connectivity index (χ0v) is 13.6. The van der Waals surface area contributed by atoms with Crippen molar-refractivity contribution in [3.63, 3.8) is 0 Å². The van der Waals surface area contributed by atoms with Gasteiger partial charge in [0.2, 0.25) is 6.79 Å². The molecule has 1 aliphatic heterocycles. The van der Waals surface area contributed by atoms with E-state index in [0.717, 1.165) is 5.56 Å². The van der Waals surface area contributed by atoms with E-state index in [4.69, 9.17) is 18.6 Å². The third-order valence-corrected chi connectivity index (χ3v) is 3.83. The molecule has 132 valence electrons. The van der Waals surface area contributed by atoms with Crippen molar-refractivity contribution in [1.82, 2.24) is 10.3 Å². The smallest absolute Gasteiger partial charge is 0.338 e. The first-order valence-corrected chi connectivity index (χ1v) is 7.85. The Bertz CT molecular complexity index is 981. The van der Waals surface area contributed by atoms with Crippen LogP contribution in [0.15, 0.2) is 47.2 Å². The minimum absolute atomic E-state index is 0.195. The SMILES string of the molecule is O=C(COC(=O)c1ccc2ncoc2c1)NCc1ccc2c(c1)OCO2. The van der Waals surface area contributed by atoms with Gasteiger partial charge in [-0.15, -0.1) is 0 Å². The van der Waals surface area contributed by atoms with Crippen LogP contribution in [0.2, 0.25) is 0 Å². The Morgan fingerprint density at radius 2 is 2.00 bits per heavy atom. The fourth-order valence-corrected chi connectivity index (χ4v) is 2.50. The number of oxazole rings is 1. The first-order chi connectivity index (χ1) is 12.7. The first kappa shape index (κ1) is 15.9. The molecule has 2 aromatic carbocycles. The van der Waals surface area contributed by atoms with E-state index in [-0.39, 0.29) is 25.5 Å². The molecule has 1 aromatic heterocycles. The van der Waals surface area contributed by atoms with Gasteiger partial charge in [0, 0.05) is 6.54 Å². The van der Waals surface area contributed by atoms with E-state index >= 15 is 0 Å². The monoisotopic (exact) mass is 354 g/mol. The van der Waals surface area contributed by atoms with Crippen molar-refractivity contribution in [2.75, 3.05) is 13.4 Å². The van der Waals surface area contributed by atoms with Crippen molar-refractivity contribution >= 4 is 23.0 Å².